The number of rotatable bonds is 6. The molecular weight excluding hydrogens is 342 g/mol. The van der Waals surface area contributed by atoms with E-state index < -0.39 is 0 Å². The molecule has 27 heavy (non-hydrogen) atoms. The smallest absolute Gasteiger partial charge is 0.234 e. The van der Waals surface area contributed by atoms with Gasteiger partial charge in [-0.05, 0) is 30.5 Å². The highest BCUT2D eigenvalue weighted by atomic mass is 16.5. The molecule has 0 aromatic heterocycles. The second-order valence-corrected chi connectivity index (χ2v) is 7.59. The number of piperazine rings is 1. The first-order valence-electron chi connectivity index (χ1n) is 10.1. The van der Waals surface area contributed by atoms with Gasteiger partial charge in [-0.2, -0.15) is 0 Å². The van der Waals surface area contributed by atoms with Gasteiger partial charge >= 0.3 is 0 Å². The molecule has 0 atom stereocenters. The Hall–Kier alpha value is -2.08. The SMILES string of the molecule is COc1cccc(CC(=O)N2CCN(CC(=O)NC3CCCCC3)CC2)c1. The number of benzene rings is 1. The van der Waals surface area contributed by atoms with Crippen molar-refractivity contribution in [2.24, 2.45) is 0 Å². The van der Waals surface area contributed by atoms with Gasteiger partial charge in [0.15, 0.2) is 0 Å². The Bertz CT molecular complexity index is 635. The summed E-state index contributed by atoms with van der Waals surface area (Å²) in [4.78, 5) is 28.8. The fraction of sp³-hybridized carbons (Fsp3) is 0.619. The lowest BCUT2D eigenvalue weighted by molar-refractivity contribution is -0.132. The van der Waals surface area contributed by atoms with Crippen LogP contribution in [0.25, 0.3) is 0 Å². The van der Waals surface area contributed by atoms with E-state index in [4.69, 9.17) is 4.74 Å². The van der Waals surface area contributed by atoms with Crippen LogP contribution >= 0.6 is 0 Å². The lowest BCUT2D eigenvalue weighted by atomic mass is 9.95. The molecule has 6 nitrogen and oxygen atoms in total. The van der Waals surface area contributed by atoms with Crippen LogP contribution in [0, 0.1) is 0 Å². The van der Waals surface area contributed by atoms with Crippen LogP contribution in [0.4, 0.5) is 0 Å². The first-order chi connectivity index (χ1) is 13.1. The van der Waals surface area contributed by atoms with Crippen LogP contribution in [0.15, 0.2) is 24.3 Å². The predicted octanol–water partition coefficient (Wildman–Crippen LogP) is 1.83. The van der Waals surface area contributed by atoms with Crippen molar-refractivity contribution in [2.75, 3.05) is 39.8 Å². The highest BCUT2D eigenvalue weighted by molar-refractivity contribution is 5.79. The summed E-state index contributed by atoms with van der Waals surface area (Å²) in [5.41, 5.74) is 0.966. The number of hydrogen-bond acceptors (Lipinski definition) is 4. The van der Waals surface area contributed by atoms with Crippen molar-refractivity contribution in [3.8, 4) is 5.75 Å². The van der Waals surface area contributed by atoms with Crippen molar-refractivity contribution in [1.82, 2.24) is 15.1 Å². The molecule has 1 saturated carbocycles. The summed E-state index contributed by atoms with van der Waals surface area (Å²) in [7, 11) is 1.63. The monoisotopic (exact) mass is 373 g/mol. The number of ether oxygens (including phenoxy) is 1. The van der Waals surface area contributed by atoms with Gasteiger partial charge in [-0.25, -0.2) is 0 Å². The largest absolute Gasteiger partial charge is 0.497 e. The molecule has 148 valence electrons. The van der Waals surface area contributed by atoms with E-state index in [1.54, 1.807) is 7.11 Å². The highest BCUT2D eigenvalue weighted by Crippen LogP contribution is 2.17. The summed E-state index contributed by atoms with van der Waals surface area (Å²) in [5, 5.41) is 3.17. The molecule has 0 unspecified atom stereocenters. The Morgan fingerprint density at radius 1 is 1.11 bits per heavy atom. The van der Waals surface area contributed by atoms with Crippen LogP contribution < -0.4 is 10.1 Å². The van der Waals surface area contributed by atoms with Crippen LogP contribution in [0.5, 0.6) is 5.75 Å². The maximum atomic E-state index is 12.5. The van der Waals surface area contributed by atoms with Gasteiger partial charge < -0.3 is 15.0 Å². The lowest BCUT2D eigenvalue weighted by Gasteiger charge is -2.35. The minimum absolute atomic E-state index is 0.123. The van der Waals surface area contributed by atoms with Crippen LogP contribution in [-0.2, 0) is 16.0 Å². The van der Waals surface area contributed by atoms with Crippen LogP contribution in [-0.4, -0.2) is 67.5 Å². The van der Waals surface area contributed by atoms with Gasteiger partial charge in [0.1, 0.15) is 5.75 Å². The number of nitrogens with zero attached hydrogens (tertiary/aromatic N) is 2. The molecular formula is C21H31N3O3. The summed E-state index contributed by atoms with van der Waals surface area (Å²) in [6.07, 6.45) is 6.34. The van der Waals surface area contributed by atoms with E-state index in [0.717, 1.165) is 37.2 Å². The number of carbonyl (C=O) groups excluding carboxylic acids is 2. The summed E-state index contributed by atoms with van der Waals surface area (Å²) in [6, 6.07) is 8.00. The van der Waals surface area contributed by atoms with Crippen molar-refractivity contribution in [3.63, 3.8) is 0 Å². The second kappa shape index (κ2) is 9.74. The van der Waals surface area contributed by atoms with E-state index in [0.29, 0.717) is 32.1 Å². The van der Waals surface area contributed by atoms with Crippen LogP contribution in [0.3, 0.4) is 0 Å². The fourth-order valence-electron chi connectivity index (χ4n) is 3.95. The fourth-order valence-corrected chi connectivity index (χ4v) is 3.95. The molecule has 2 amide bonds. The van der Waals surface area contributed by atoms with E-state index in [-0.39, 0.29) is 11.8 Å². The Morgan fingerprint density at radius 2 is 1.85 bits per heavy atom. The average Bonchev–Trinajstić information content (AvgIpc) is 2.69. The number of carbonyl (C=O) groups is 2. The highest BCUT2D eigenvalue weighted by Gasteiger charge is 2.23. The molecule has 2 aliphatic rings. The molecule has 1 aliphatic heterocycles. The van der Waals surface area contributed by atoms with Crippen molar-refractivity contribution in [3.05, 3.63) is 29.8 Å². The summed E-state index contributed by atoms with van der Waals surface area (Å²) in [5.74, 6) is 1.03. The predicted molar refractivity (Wildman–Crippen MR) is 105 cm³/mol. The maximum Gasteiger partial charge on any atom is 0.234 e. The molecule has 3 rings (SSSR count). The number of hydrogen-bond donors (Lipinski definition) is 1. The molecule has 0 spiro atoms. The van der Waals surface area contributed by atoms with Crippen molar-refractivity contribution >= 4 is 11.8 Å². The van der Waals surface area contributed by atoms with Crippen LogP contribution in [0.2, 0.25) is 0 Å². The third-order valence-electron chi connectivity index (χ3n) is 5.55. The van der Waals surface area contributed by atoms with Gasteiger partial charge in [-0.3, -0.25) is 14.5 Å². The third kappa shape index (κ3) is 5.96. The van der Waals surface area contributed by atoms with Gasteiger partial charge in [-0.15, -0.1) is 0 Å². The van der Waals surface area contributed by atoms with E-state index >= 15 is 0 Å². The zero-order chi connectivity index (χ0) is 19.1. The minimum Gasteiger partial charge on any atom is -0.497 e. The van der Waals surface area contributed by atoms with Gasteiger partial charge in [0.05, 0.1) is 20.1 Å². The van der Waals surface area contributed by atoms with Gasteiger partial charge in [0.2, 0.25) is 11.8 Å². The molecule has 6 heteroatoms. The molecule has 1 heterocycles. The Morgan fingerprint density at radius 3 is 2.56 bits per heavy atom. The first-order valence-corrected chi connectivity index (χ1v) is 10.1. The molecule has 1 aliphatic carbocycles. The zero-order valence-electron chi connectivity index (χ0n) is 16.3. The topological polar surface area (TPSA) is 61.9 Å². The Balaban J connectivity index is 1.40. The van der Waals surface area contributed by atoms with E-state index in [2.05, 4.69) is 10.2 Å². The Labute approximate surface area is 161 Å². The van der Waals surface area contributed by atoms with Gasteiger partial charge in [0.25, 0.3) is 0 Å². The molecule has 1 saturated heterocycles. The van der Waals surface area contributed by atoms with Gasteiger partial charge in [0, 0.05) is 32.2 Å². The average molecular weight is 373 g/mol. The molecule has 1 aromatic rings. The lowest BCUT2D eigenvalue weighted by Crippen LogP contribution is -2.52. The minimum atomic E-state index is 0.123. The number of nitrogens with one attached hydrogen (secondary N) is 1. The number of methoxy groups -OCH3 is 1. The number of amides is 2. The molecule has 1 aromatic carbocycles. The zero-order valence-corrected chi connectivity index (χ0v) is 16.3. The molecule has 1 N–H and O–H groups in total. The maximum absolute atomic E-state index is 12.5. The first kappa shape index (κ1) is 19.7. The molecule has 0 radical (unpaired) electrons. The standard InChI is InChI=1S/C21H31N3O3/c1-27-19-9-5-6-17(14-19)15-21(26)24-12-10-23(11-13-24)16-20(25)22-18-7-3-2-4-8-18/h5-6,9,14,18H,2-4,7-8,10-13,15-16H2,1H3,(H,22,25). The third-order valence-corrected chi connectivity index (χ3v) is 5.55. The van der Waals surface area contributed by atoms with Crippen molar-refractivity contribution in [1.29, 1.82) is 0 Å². The van der Waals surface area contributed by atoms with E-state index in [1.165, 1.54) is 19.3 Å². The van der Waals surface area contributed by atoms with Crippen molar-refractivity contribution < 1.29 is 14.3 Å². The normalized spacial score (nSPS) is 18.9. The molecule has 2 fully saturated rings. The van der Waals surface area contributed by atoms with Gasteiger partial charge in [-0.1, -0.05) is 31.4 Å². The summed E-state index contributed by atoms with van der Waals surface area (Å²) >= 11 is 0. The van der Waals surface area contributed by atoms with E-state index in [1.807, 2.05) is 29.2 Å². The Kier molecular flexibility index (Phi) is 7.10. The van der Waals surface area contributed by atoms with Crippen LogP contribution in [0.1, 0.15) is 37.7 Å². The quantitative estimate of drug-likeness (QED) is 0.826. The van der Waals surface area contributed by atoms with Crippen molar-refractivity contribution in [2.45, 2.75) is 44.6 Å². The molecule has 0 bridgehead atoms. The van der Waals surface area contributed by atoms with E-state index in [9.17, 15) is 9.59 Å². The second-order valence-electron chi connectivity index (χ2n) is 7.59. The summed E-state index contributed by atoms with van der Waals surface area (Å²) < 4.78 is 5.22. The summed E-state index contributed by atoms with van der Waals surface area (Å²) in [6.45, 7) is 3.30.